The predicted octanol–water partition coefficient (Wildman–Crippen LogP) is -2.09. The van der Waals surface area contributed by atoms with E-state index < -0.39 is 23.7 Å². The summed E-state index contributed by atoms with van der Waals surface area (Å²) in [4.78, 5) is 40.7. The fourth-order valence-electron chi connectivity index (χ4n) is 1.49. The monoisotopic (exact) mass is 223 g/mol. The second-order valence-corrected chi connectivity index (χ2v) is 3.30. The molecule has 3 N–H and O–H groups in total. The Bertz CT molecular complexity index is 677. The Kier molecular flexibility index (Phi) is 2.11. The van der Waals surface area contributed by atoms with Gasteiger partial charge in [0, 0.05) is 7.05 Å². The molecule has 0 unspecified atom stereocenters. The molecule has 0 atom stereocenters. The van der Waals surface area contributed by atoms with Crippen molar-refractivity contribution in [1.82, 2.24) is 19.1 Å². The number of fused-ring (bicyclic) bond motifs is 1. The molecule has 0 aromatic carbocycles. The summed E-state index contributed by atoms with van der Waals surface area (Å²) in [6.07, 6.45) is 1.31. The predicted molar refractivity (Wildman–Crippen MR) is 54.8 cm³/mol. The third-order valence-electron chi connectivity index (χ3n) is 2.23. The number of rotatable bonds is 2. The van der Waals surface area contributed by atoms with Gasteiger partial charge >= 0.3 is 5.69 Å². The van der Waals surface area contributed by atoms with Crippen LogP contribution in [0.5, 0.6) is 0 Å². The molecule has 0 spiro atoms. The van der Waals surface area contributed by atoms with Gasteiger partial charge < -0.3 is 10.7 Å². The lowest BCUT2D eigenvalue weighted by Gasteiger charge is -2.04. The van der Waals surface area contributed by atoms with E-state index in [9.17, 15) is 14.4 Å². The molecular formula is C8H9N5O3. The normalized spacial score (nSPS) is 10.8. The number of nitrogens with two attached hydrogens (primary N) is 1. The Morgan fingerprint density at radius 1 is 1.56 bits per heavy atom. The second-order valence-electron chi connectivity index (χ2n) is 3.30. The number of nitrogens with one attached hydrogen (secondary N) is 1. The van der Waals surface area contributed by atoms with Gasteiger partial charge in [0.15, 0.2) is 5.65 Å². The standard InChI is InChI=1S/C8H9N5O3/c1-12-6-5(10-3-11-6)7(15)13(8(12)16)2-4(9)14/h3H,2H2,1H3,(H2,9,14)(H,10,11). The summed E-state index contributed by atoms with van der Waals surface area (Å²) >= 11 is 0. The average molecular weight is 223 g/mol. The van der Waals surface area contributed by atoms with Gasteiger partial charge in [0.2, 0.25) is 5.91 Å². The molecule has 0 saturated carbocycles. The zero-order chi connectivity index (χ0) is 11.9. The molecular weight excluding hydrogens is 214 g/mol. The highest BCUT2D eigenvalue weighted by Gasteiger charge is 2.13. The first-order valence-corrected chi connectivity index (χ1v) is 4.43. The highest BCUT2D eigenvalue weighted by atomic mass is 16.2. The van der Waals surface area contributed by atoms with E-state index in [2.05, 4.69) is 9.97 Å². The lowest BCUT2D eigenvalue weighted by atomic mass is 10.5. The number of amides is 1. The Morgan fingerprint density at radius 3 is 2.88 bits per heavy atom. The lowest BCUT2D eigenvalue weighted by Crippen LogP contribution is -2.42. The van der Waals surface area contributed by atoms with E-state index in [1.165, 1.54) is 17.9 Å². The summed E-state index contributed by atoms with van der Waals surface area (Å²) in [5.74, 6) is -0.752. The first kappa shape index (κ1) is 10.1. The number of imidazole rings is 1. The Hall–Kier alpha value is -2.38. The first-order valence-electron chi connectivity index (χ1n) is 4.43. The number of primary amides is 1. The van der Waals surface area contributed by atoms with Crippen molar-refractivity contribution in [3.63, 3.8) is 0 Å². The van der Waals surface area contributed by atoms with Crippen molar-refractivity contribution in [2.75, 3.05) is 0 Å². The molecule has 0 aliphatic heterocycles. The van der Waals surface area contributed by atoms with Crippen LogP contribution in [0.1, 0.15) is 0 Å². The number of aromatic amines is 1. The maximum Gasteiger partial charge on any atom is 0.332 e. The third kappa shape index (κ3) is 1.31. The number of H-pyrrole nitrogens is 1. The van der Waals surface area contributed by atoms with Crippen molar-refractivity contribution in [2.24, 2.45) is 12.8 Å². The van der Waals surface area contributed by atoms with Gasteiger partial charge in [-0.1, -0.05) is 0 Å². The molecule has 2 heterocycles. The van der Waals surface area contributed by atoms with Gasteiger partial charge in [-0.2, -0.15) is 0 Å². The first-order chi connectivity index (χ1) is 7.52. The zero-order valence-corrected chi connectivity index (χ0v) is 8.43. The van der Waals surface area contributed by atoms with Gasteiger partial charge in [0.05, 0.1) is 6.33 Å². The van der Waals surface area contributed by atoms with E-state index in [1.54, 1.807) is 0 Å². The van der Waals surface area contributed by atoms with Crippen LogP contribution in [0, 0.1) is 0 Å². The summed E-state index contributed by atoms with van der Waals surface area (Å²) in [5, 5.41) is 0. The van der Waals surface area contributed by atoms with E-state index in [4.69, 9.17) is 5.73 Å². The van der Waals surface area contributed by atoms with E-state index in [-0.39, 0.29) is 11.2 Å². The van der Waals surface area contributed by atoms with Gasteiger partial charge in [-0.15, -0.1) is 0 Å². The van der Waals surface area contributed by atoms with Crippen LogP contribution in [0.15, 0.2) is 15.9 Å². The van der Waals surface area contributed by atoms with Crippen molar-refractivity contribution in [2.45, 2.75) is 6.54 Å². The van der Waals surface area contributed by atoms with Gasteiger partial charge in [0.1, 0.15) is 12.1 Å². The van der Waals surface area contributed by atoms with E-state index >= 15 is 0 Å². The number of hydrogen-bond acceptors (Lipinski definition) is 4. The summed E-state index contributed by atoms with van der Waals surface area (Å²) in [5.41, 5.74) is 4.15. The average Bonchev–Trinajstić information content (AvgIpc) is 2.70. The van der Waals surface area contributed by atoms with Crippen LogP contribution >= 0.6 is 0 Å². The van der Waals surface area contributed by atoms with Crippen molar-refractivity contribution >= 4 is 17.1 Å². The van der Waals surface area contributed by atoms with Crippen LogP contribution in [0.3, 0.4) is 0 Å². The number of nitrogens with zero attached hydrogens (tertiary/aromatic N) is 3. The van der Waals surface area contributed by atoms with Crippen LogP contribution in [-0.2, 0) is 18.4 Å². The summed E-state index contributed by atoms with van der Waals surface area (Å²) in [6.45, 7) is -0.444. The maximum atomic E-state index is 11.8. The number of carbonyl (C=O) groups excluding carboxylic acids is 1. The highest BCUT2D eigenvalue weighted by molar-refractivity contribution is 5.74. The maximum absolute atomic E-state index is 11.8. The molecule has 0 bridgehead atoms. The Balaban J connectivity index is 2.89. The van der Waals surface area contributed by atoms with Crippen LogP contribution in [-0.4, -0.2) is 25.0 Å². The molecule has 16 heavy (non-hydrogen) atoms. The van der Waals surface area contributed by atoms with E-state index in [1.807, 2.05) is 0 Å². The van der Waals surface area contributed by atoms with Gasteiger partial charge in [-0.05, 0) is 0 Å². The zero-order valence-electron chi connectivity index (χ0n) is 8.43. The van der Waals surface area contributed by atoms with E-state index in [0.29, 0.717) is 0 Å². The van der Waals surface area contributed by atoms with Crippen LogP contribution < -0.4 is 17.0 Å². The molecule has 2 rings (SSSR count). The van der Waals surface area contributed by atoms with Crippen molar-refractivity contribution in [1.29, 1.82) is 0 Å². The van der Waals surface area contributed by atoms with Crippen LogP contribution in [0.25, 0.3) is 11.2 Å². The Labute approximate surface area is 88.3 Å². The molecule has 1 amide bonds. The minimum absolute atomic E-state index is 0.170. The summed E-state index contributed by atoms with van der Waals surface area (Å²) in [7, 11) is 1.46. The van der Waals surface area contributed by atoms with Crippen molar-refractivity contribution in [3.8, 4) is 0 Å². The molecule has 0 aliphatic carbocycles. The molecule has 0 radical (unpaired) electrons. The largest absolute Gasteiger partial charge is 0.368 e. The van der Waals surface area contributed by atoms with E-state index in [0.717, 1.165) is 4.57 Å². The number of carbonyl (C=O) groups is 1. The van der Waals surface area contributed by atoms with Gasteiger partial charge in [-0.25, -0.2) is 14.3 Å². The number of aromatic nitrogens is 4. The SMILES string of the molecule is Cn1c(=O)n(CC(N)=O)c(=O)c2[nH]cnc21. The number of hydrogen-bond donors (Lipinski definition) is 2. The molecule has 84 valence electrons. The summed E-state index contributed by atoms with van der Waals surface area (Å²) < 4.78 is 1.94. The fourth-order valence-corrected chi connectivity index (χ4v) is 1.49. The van der Waals surface area contributed by atoms with Crippen molar-refractivity contribution < 1.29 is 4.79 Å². The lowest BCUT2D eigenvalue weighted by molar-refractivity contribution is -0.118. The molecule has 8 nitrogen and oxygen atoms in total. The van der Waals surface area contributed by atoms with Gasteiger partial charge in [0.25, 0.3) is 5.56 Å². The molecule has 2 aromatic heterocycles. The second kappa shape index (κ2) is 3.33. The molecule has 0 aliphatic rings. The van der Waals surface area contributed by atoms with Gasteiger partial charge in [-0.3, -0.25) is 14.2 Å². The quantitative estimate of drug-likeness (QED) is 0.607. The molecule has 0 saturated heterocycles. The summed E-state index contributed by atoms with van der Waals surface area (Å²) in [6, 6.07) is 0. The number of aryl methyl sites for hydroxylation is 1. The van der Waals surface area contributed by atoms with Crippen LogP contribution in [0.2, 0.25) is 0 Å². The van der Waals surface area contributed by atoms with Crippen LogP contribution in [0.4, 0.5) is 0 Å². The molecule has 0 fully saturated rings. The fraction of sp³-hybridized carbons (Fsp3) is 0.250. The Morgan fingerprint density at radius 2 is 2.25 bits per heavy atom. The molecule has 8 heteroatoms. The topological polar surface area (TPSA) is 116 Å². The highest BCUT2D eigenvalue weighted by Crippen LogP contribution is 1.98. The minimum Gasteiger partial charge on any atom is -0.368 e. The molecule has 2 aromatic rings. The minimum atomic E-state index is -0.752. The smallest absolute Gasteiger partial charge is 0.332 e. The van der Waals surface area contributed by atoms with Crippen molar-refractivity contribution in [3.05, 3.63) is 27.2 Å². The third-order valence-corrected chi connectivity index (χ3v) is 2.23.